The van der Waals surface area contributed by atoms with E-state index in [4.69, 9.17) is 25.7 Å². The Bertz CT molecular complexity index is 786. The summed E-state index contributed by atoms with van der Waals surface area (Å²) in [5.74, 6) is 0.834. The summed E-state index contributed by atoms with van der Waals surface area (Å²) in [6.45, 7) is 11.9. The summed E-state index contributed by atoms with van der Waals surface area (Å²) in [7, 11) is -0.212. The molecule has 0 bridgehead atoms. The fourth-order valence-electron chi connectivity index (χ4n) is 2.41. The molecule has 0 saturated heterocycles. The number of hydrogen-bond donors (Lipinski definition) is 0. The van der Waals surface area contributed by atoms with Crippen molar-refractivity contribution in [3.05, 3.63) is 60.2 Å². The lowest BCUT2D eigenvalue weighted by Crippen LogP contribution is -2.41. The largest absolute Gasteiger partial charge is 0.497 e. The van der Waals surface area contributed by atoms with Crippen LogP contribution in [0.25, 0.3) is 0 Å². The lowest BCUT2D eigenvalue weighted by molar-refractivity contribution is 0.164. The van der Waals surface area contributed by atoms with Gasteiger partial charge in [-0.3, -0.25) is 0 Å². The van der Waals surface area contributed by atoms with E-state index in [-0.39, 0.29) is 5.04 Å². The minimum atomic E-state index is -2.04. The number of methoxy groups -OCH3 is 1. The van der Waals surface area contributed by atoms with E-state index >= 15 is 0 Å². The van der Waals surface area contributed by atoms with Crippen LogP contribution in [-0.2, 0) is 27.6 Å². The van der Waals surface area contributed by atoms with Gasteiger partial charge >= 0.3 is 0 Å². The molecule has 0 N–H and O–H groups in total. The Morgan fingerprint density at radius 3 is 2.07 bits per heavy atom. The van der Waals surface area contributed by atoms with Crippen LogP contribution in [0.1, 0.15) is 26.3 Å². The standard InChI is InChI=1S/C22H33O3PSSi/c1-22(2,3)28(5,6)25-18-26(27,21-14-12-20(23-4)13-15-21)17-24-16-19-10-8-7-9-11-19/h7-15H,16-18H2,1-6H3. The van der Waals surface area contributed by atoms with E-state index in [2.05, 4.69) is 58.1 Å². The van der Waals surface area contributed by atoms with Crippen molar-refractivity contribution >= 4 is 31.5 Å². The molecule has 0 radical (unpaired) electrons. The van der Waals surface area contributed by atoms with Crippen LogP contribution < -0.4 is 10.0 Å². The van der Waals surface area contributed by atoms with Crippen molar-refractivity contribution < 1.29 is 13.9 Å². The molecule has 0 amide bonds. The first-order chi connectivity index (χ1) is 13.1. The van der Waals surface area contributed by atoms with E-state index in [1.807, 2.05) is 30.3 Å². The minimum absolute atomic E-state index is 0.151. The summed E-state index contributed by atoms with van der Waals surface area (Å²) >= 11 is 6.20. The molecule has 0 spiro atoms. The molecule has 0 aliphatic rings. The molecule has 0 fully saturated rings. The lowest BCUT2D eigenvalue weighted by atomic mass is 10.2. The molecule has 2 aromatic carbocycles. The molecule has 0 aromatic heterocycles. The predicted octanol–water partition coefficient (Wildman–Crippen LogP) is 5.95. The molecule has 6 heteroatoms. The lowest BCUT2D eigenvalue weighted by Gasteiger charge is -2.38. The molecular formula is C22H33O3PSSi. The molecule has 0 heterocycles. The molecule has 0 aliphatic heterocycles. The van der Waals surface area contributed by atoms with Crippen LogP contribution in [0.2, 0.25) is 18.1 Å². The van der Waals surface area contributed by atoms with E-state index in [0.29, 0.717) is 19.3 Å². The fourth-order valence-corrected chi connectivity index (χ4v) is 7.48. The maximum atomic E-state index is 6.55. The van der Waals surface area contributed by atoms with Crippen molar-refractivity contribution in [3.8, 4) is 5.75 Å². The first-order valence-corrected chi connectivity index (χ1v) is 15.6. The second kappa shape index (κ2) is 9.68. The van der Waals surface area contributed by atoms with Crippen LogP contribution >= 0.6 is 6.04 Å². The highest BCUT2D eigenvalue weighted by Gasteiger charge is 2.38. The van der Waals surface area contributed by atoms with Gasteiger partial charge in [-0.05, 0) is 53.3 Å². The van der Waals surface area contributed by atoms with Crippen molar-refractivity contribution in [2.45, 2.75) is 45.5 Å². The van der Waals surface area contributed by atoms with Gasteiger partial charge in [0.2, 0.25) is 0 Å². The molecule has 0 saturated carbocycles. The van der Waals surface area contributed by atoms with Crippen molar-refractivity contribution in [3.63, 3.8) is 0 Å². The van der Waals surface area contributed by atoms with Gasteiger partial charge in [-0.25, -0.2) is 0 Å². The highest BCUT2D eigenvalue weighted by Crippen LogP contribution is 2.48. The molecule has 0 aliphatic carbocycles. The third-order valence-electron chi connectivity index (χ3n) is 5.39. The Labute approximate surface area is 176 Å². The molecule has 2 aromatic rings. The zero-order valence-electron chi connectivity index (χ0n) is 17.9. The maximum Gasteiger partial charge on any atom is 0.192 e. The van der Waals surface area contributed by atoms with Crippen LogP contribution in [0.4, 0.5) is 0 Å². The topological polar surface area (TPSA) is 27.7 Å². The summed E-state index contributed by atoms with van der Waals surface area (Å²) in [6.07, 6.45) is 1.10. The van der Waals surface area contributed by atoms with Crippen LogP contribution in [-0.4, -0.2) is 28.1 Å². The molecule has 2 rings (SSSR count). The van der Waals surface area contributed by atoms with Crippen molar-refractivity contribution in [2.24, 2.45) is 0 Å². The Balaban J connectivity index is 2.17. The Kier molecular flexibility index (Phi) is 8.06. The minimum Gasteiger partial charge on any atom is -0.497 e. The molecule has 28 heavy (non-hydrogen) atoms. The van der Waals surface area contributed by atoms with Crippen molar-refractivity contribution in [1.82, 2.24) is 0 Å². The van der Waals surface area contributed by atoms with Gasteiger partial charge in [0.25, 0.3) is 0 Å². The van der Waals surface area contributed by atoms with Crippen LogP contribution in [0.3, 0.4) is 0 Å². The van der Waals surface area contributed by atoms with E-state index in [0.717, 1.165) is 16.6 Å². The summed E-state index contributed by atoms with van der Waals surface area (Å²) in [4.78, 5) is 0. The highest BCUT2D eigenvalue weighted by atomic mass is 32.4. The van der Waals surface area contributed by atoms with Gasteiger partial charge in [-0.15, -0.1) is 0 Å². The van der Waals surface area contributed by atoms with Gasteiger partial charge in [0.05, 0.1) is 26.4 Å². The third-order valence-corrected chi connectivity index (χ3v) is 13.8. The van der Waals surface area contributed by atoms with E-state index in [1.54, 1.807) is 7.11 Å². The SMILES string of the molecule is COc1ccc(P(=S)(COCc2ccccc2)CO[Si](C)(C)C(C)(C)C)cc1. The first-order valence-electron chi connectivity index (χ1n) is 9.56. The number of hydrogen-bond acceptors (Lipinski definition) is 4. The Hall–Kier alpha value is -0.973. The van der Waals surface area contributed by atoms with Crippen molar-refractivity contribution in [2.75, 3.05) is 19.8 Å². The molecule has 154 valence electrons. The molecule has 1 unspecified atom stereocenters. The first kappa shape index (κ1) is 23.3. The summed E-state index contributed by atoms with van der Waals surface area (Å²) in [6, 6.07) is 16.3. The van der Waals surface area contributed by atoms with Gasteiger partial charge in [-0.2, -0.15) is 0 Å². The van der Waals surface area contributed by atoms with Crippen LogP contribution in [0.15, 0.2) is 54.6 Å². The third kappa shape index (κ3) is 6.26. The fraction of sp³-hybridized carbons (Fsp3) is 0.455. The van der Waals surface area contributed by atoms with Gasteiger partial charge in [0, 0.05) is 6.04 Å². The number of rotatable bonds is 9. The molecular weight excluding hydrogens is 403 g/mol. The van der Waals surface area contributed by atoms with Crippen molar-refractivity contribution in [1.29, 1.82) is 0 Å². The van der Waals surface area contributed by atoms with Crippen LogP contribution in [0.5, 0.6) is 5.75 Å². The average Bonchev–Trinajstić information content (AvgIpc) is 2.66. The number of benzene rings is 2. The second-order valence-electron chi connectivity index (χ2n) is 8.58. The van der Waals surface area contributed by atoms with Crippen LogP contribution in [0, 0.1) is 0 Å². The average molecular weight is 437 g/mol. The van der Waals surface area contributed by atoms with E-state index in [1.165, 1.54) is 0 Å². The van der Waals surface area contributed by atoms with Gasteiger partial charge < -0.3 is 13.9 Å². The normalized spacial score (nSPS) is 14.5. The monoisotopic (exact) mass is 436 g/mol. The smallest absolute Gasteiger partial charge is 0.192 e. The van der Waals surface area contributed by atoms with Gasteiger partial charge in [0.15, 0.2) is 8.32 Å². The summed E-state index contributed by atoms with van der Waals surface area (Å²) in [5, 5.41) is 1.29. The zero-order chi connectivity index (χ0) is 20.8. The summed E-state index contributed by atoms with van der Waals surface area (Å²) < 4.78 is 17.9. The molecule has 3 nitrogen and oxygen atoms in total. The van der Waals surface area contributed by atoms with Gasteiger partial charge in [0.1, 0.15) is 5.75 Å². The van der Waals surface area contributed by atoms with E-state index < -0.39 is 14.4 Å². The van der Waals surface area contributed by atoms with Gasteiger partial charge in [-0.1, -0.05) is 62.9 Å². The number of ether oxygens (including phenoxy) is 2. The Morgan fingerprint density at radius 1 is 0.929 bits per heavy atom. The summed E-state index contributed by atoms with van der Waals surface area (Å²) in [5.41, 5.74) is 1.16. The second-order valence-corrected chi connectivity index (χ2v) is 18.3. The quantitative estimate of drug-likeness (QED) is 0.358. The zero-order valence-corrected chi connectivity index (χ0v) is 20.6. The highest BCUT2D eigenvalue weighted by molar-refractivity contribution is 8.18. The van der Waals surface area contributed by atoms with E-state index in [9.17, 15) is 0 Å². The Morgan fingerprint density at radius 2 is 1.54 bits per heavy atom. The maximum absolute atomic E-state index is 6.55. The predicted molar refractivity (Wildman–Crippen MR) is 126 cm³/mol. The molecule has 1 atom stereocenters.